The lowest BCUT2D eigenvalue weighted by atomic mass is 10.0. The standard InChI is InChI=1S/C40H36N2O2/c1-29-9-5-11-35(25-29)41(37-13-7-15-39(27-37)43-3)33-21-17-31(18-22-33)32-19-23-34(24-20-32)42(36-12-6-10-30(2)26-36)38-14-8-16-40(28-38)44-4/h5-28H,1-4H3. The van der Waals surface area contributed by atoms with E-state index in [2.05, 4.69) is 145 Å². The third-order valence-electron chi connectivity index (χ3n) is 7.73. The molecular formula is C40H36N2O2. The molecule has 6 aromatic rings. The van der Waals surface area contributed by atoms with Gasteiger partial charge in [-0.25, -0.2) is 0 Å². The number of hydrogen-bond donors (Lipinski definition) is 0. The largest absolute Gasteiger partial charge is 0.497 e. The van der Waals surface area contributed by atoms with Crippen molar-refractivity contribution in [3.8, 4) is 22.6 Å². The van der Waals surface area contributed by atoms with Gasteiger partial charge in [0.2, 0.25) is 0 Å². The summed E-state index contributed by atoms with van der Waals surface area (Å²) in [7, 11) is 3.40. The molecule has 0 heterocycles. The third-order valence-corrected chi connectivity index (χ3v) is 7.73. The number of rotatable bonds is 9. The lowest BCUT2D eigenvalue weighted by Crippen LogP contribution is -2.10. The highest BCUT2D eigenvalue weighted by atomic mass is 16.5. The molecule has 0 aromatic heterocycles. The van der Waals surface area contributed by atoms with E-state index in [4.69, 9.17) is 9.47 Å². The Morgan fingerprint density at radius 3 is 1.05 bits per heavy atom. The number of nitrogens with zero attached hydrogens (tertiary/aromatic N) is 2. The van der Waals surface area contributed by atoms with Gasteiger partial charge in [0.05, 0.1) is 14.2 Å². The molecule has 44 heavy (non-hydrogen) atoms. The zero-order valence-electron chi connectivity index (χ0n) is 25.6. The molecule has 0 bridgehead atoms. The Labute approximate surface area is 260 Å². The highest BCUT2D eigenvalue weighted by Crippen LogP contribution is 2.39. The van der Waals surface area contributed by atoms with E-state index in [0.29, 0.717) is 0 Å². The van der Waals surface area contributed by atoms with E-state index in [1.807, 2.05) is 24.3 Å². The van der Waals surface area contributed by atoms with Crippen LogP contribution in [0.15, 0.2) is 146 Å². The molecule has 6 aromatic carbocycles. The SMILES string of the molecule is COc1cccc(N(c2ccc(-c3ccc(N(c4cccc(C)c4)c4cccc(OC)c4)cc3)cc2)c2cccc(C)c2)c1. The van der Waals surface area contributed by atoms with Crippen LogP contribution in [0.3, 0.4) is 0 Å². The number of hydrogen-bond acceptors (Lipinski definition) is 4. The van der Waals surface area contributed by atoms with Crippen LogP contribution in [0.4, 0.5) is 34.1 Å². The van der Waals surface area contributed by atoms with Crippen LogP contribution in [0, 0.1) is 13.8 Å². The summed E-state index contributed by atoms with van der Waals surface area (Å²) in [5.41, 5.74) is 11.2. The van der Waals surface area contributed by atoms with Gasteiger partial charge in [-0.1, -0.05) is 60.7 Å². The fourth-order valence-corrected chi connectivity index (χ4v) is 5.53. The number of benzene rings is 6. The average molecular weight is 577 g/mol. The molecule has 4 heteroatoms. The number of anilines is 6. The summed E-state index contributed by atoms with van der Waals surface area (Å²) in [6, 6.07) is 50.9. The van der Waals surface area contributed by atoms with Crippen LogP contribution in [0.2, 0.25) is 0 Å². The monoisotopic (exact) mass is 576 g/mol. The van der Waals surface area contributed by atoms with Crippen LogP contribution in [-0.4, -0.2) is 14.2 Å². The predicted octanol–water partition coefficient (Wildman–Crippen LogP) is 10.9. The fraction of sp³-hybridized carbons (Fsp3) is 0.100. The Hall–Kier alpha value is -5.48. The molecule has 0 saturated carbocycles. The van der Waals surface area contributed by atoms with Crippen LogP contribution in [0.25, 0.3) is 11.1 Å². The van der Waals surface area contributed by atoms with Gasteiger partial charge < -0.3 is 19.3 Å². The van der Waals surface area contributed by atoms with Crippen LogP contribution in [-0.2, 0) is 0 Å². The molecule has 0 saturated heterocycles. The zero-order valence-corrected chi connectivity index (χ0v) is 25.6. The van der Waals surface area contributed by atoms with Crippen LogP contribution in [0.5, 0.6) is 11.5 Å². The minimum Gasteiger partial charge on any atom is -0.497 e. The van der Waals surface area contributed by atoms with Gasteiger partial charge in [-0.15, -0.1) is 0 Å². The molecule has 6 rings (SSSR count). The minimum atomic E-state index is 0.825. The van der Waals surface area contributed by atoms with E-state index >= 15 is 0 Å². The summed E-state index contributed by atoms with van der Waals surface area (Å²) < 4.78 is 11.1. The van der Waals surface area contributed by atoms with Gasteiger partial charge in [-0.05, 0) is 109 Å². The van der Waals surface area contributed by atoms with Crippen molar-refractivity contribution >= 4 is 34.1 Å². The smallest absolute Gasteiger partial charge is 0.120 e. The number of methoxy groups -OCH3 is 2. The maximum atomic E-state index is 5.54. The second-order valence-electron chi connectivity index (χ2n) is 10.8. The van der Waals surface area contributed by atoms with Gasteiger partial charge in [0.25, 0.3) is 0 Å². The van der Waals surface area contributed by atoms with Crippen LogP contribution >= 0.6 is 0 Å². The van der Waals surface area contributed by atoms with Crippen molar-refractivity contribution in [1.29, 1.82) is 0 Å². The first kappa shape index (κ1) is 28.6. The van der Waals surface area contributed by atoms with E-state index in [0.717, 1.165) is 56.8 Å². The maximum Gasteiger partial charge on any atom is 0.120 e. The molecule has 0 aliphatic rings. The second-order valence-corrected chi connectivity index (χ2v) is 10.8. The van der Waals surface area contributed by atoms with Gasteiger partial charge in [0.15, 0.2) is 0 Å². The van der Waals surface area contributed by atoms with Crippen molar-refractivity contribution in [3.63, 3.8) is 0 Å². The molecule has 0 aliphatic heterocycles. The molecule has 0 fully saturated rings. The molecule has 0 unspecified atom stereocenters. The van der Waals surface area contributed by atoms with Gasteiger partial charge in [-0.2, -0.15) is 0 Å². The number of aryl methyl sites for hydroxylation is 2. The Morgan fingerprint density at radius 1 is 0.364 bits per heavy atom. The number of ether oxygens (including phenoxy) is 2. The molecule has 0 amide bonds. The summed E-state index contributed by atoms with van der Waals surface area (Å²) in [6.07, 6.45) is 0. The highest BCUT2D eigenvalue weighted by molar-refractivity contribution is 5.81. The summed E-state index contributed by atoms with van der Waals surface area (Å²) in [6.45, 7) is 4.24. The Bertz CT molecular complexity index is 1720. The van der Waals surface area contributed by atoms with E-state index < -0.39 is 0 Å². The lowest BCUT2D eigenvalue weighted by molar-refractivity contribution is 0.415. The van der Waals surface area contributed by atoms with Crippen LogP contribution in [0.1, 0.15) is 11.1 Å². The van der Waals surface area contributed by atoms with Gasteiger partial charge in [0.1, 0.15) is 11.5 Å². The Balaban J connectivity index is 1.34. The third kappa shape index (κ3) is 6.16. The zero-order chi connectivity index (χ0) is 30.5. The quantitative estimate of drug-likeness (QED) is 0.171. The fourth-order valence-electron chi connectivity index (χ4n) is 5.53. The van der Waals surface area contributed by atoms with E-state index in [-0.39, 0.29) is 0 Å². The van der Waals surface area contributed by atoms with Crippen molar-refractivity contribution in [2.75, 3.05) is 24.0 Å². The first-order valence-electron chi connectivity index (χ1n) is 14.7. The molecule has 0 radical (unpaired) electrons. The maximum absolute atomic E-state index is 5.54. The predicted molar refractivity (Wildman–Crippen MR) is 184 cm³/mol. The molecular weight excluding hydrogens is 540 g/mol. The summed E-state index contributed by atoms with van der Waals surface area (Å²) >= 11 is 0. The molecule has 0 N–H and O–H groups in total. The van der Waals surface area contributed by atoms with E-state index in [1.54, 1.807) is 14.2 Å². The normalized spacial score (nSPS) is 10.7. The van der Waals surface area contributed by atoms with Crippen molar-refractivity contribution in [1.82, 2.24) is 0 Å². The van der Waals surface area contributed by atoms with Crippen molar-refractivity contribution in [2.45, 2.75) is 13.8 Å². The Kier molecular flexibility index (Phi) is 8.33. The van der Waals surface area contributed by atoms with Crippen molar-refractivity contribution in [2.24, 2.45) is 0 Å². The van der Waals surface area contributed by atoms with Gasteiger partial charge in [-0.3, -0.25) is 0 Å². The van der Waals surface area contributed by atoms with Gasteiger partial charge >= 0.3 is 0 Å². The van der Waals surface area contributed by atoms with Crippen molar-refractivity contribution in [3.05, 3.63) is 157 Å². The molecule has 218 valence electrons. The molecule has 0 aliphatic carbocycles. The highest BCUT2D eigenvalue weighted by Gasteiger charge is 2.16. The second kappa shape index (κ2) is 12.8. The van der Waals surface area contributed by atoms with Crippen LogP contribution < -0.4 is 19.3 Å². The lowest BCUT2D eigenvalue weighted by Gasteiger charge is -2.27. The van der Waals surface area contributed by atoms with Gasteiger partial charge in [0, 0.05) is 46.3 Å². The first-order valence-corrected chi connectivity index (χ1v) is 14.7. The summed E-state index contributed by atoms with van der Waals surface area (Å²) in [4.78, 5) is 4.52. The van der Waals surface area contributed by atoms with E-state index in [9.17, 15) is 0 Å². The molecule has 0 atom stereocenters. The topological polar surface area (TPSA) is 24.9 Å². The summed E-state index contributed by atoms with van der Waals surface area (Å²) in [5.74, 6) is 1.65. The van der Waals surface area contributed by atoms with Crippen molar-refractivity contribution < 1.29 is 9.47 Å². The molecule has 0 spiro atoms. The summed E-state index contributed by atoms with van der Waals surface area (Å²) in [5, 5.41) is 0. The van der Waals surface area contributed by atoms with E-state index in [1.165, 1.54) is 11.1 Å². The first-order chi connectivity index (χ1) is 21.5. The minimum absolute atomic E-state index is 0.825. The molecule has 4 nitrogen and oxygen atoms in total. The Morgan fingerprint density at radius 2 is 0.705 bits per heavy atom. The average Bonchev–Trinajstić information content (AvgIpc) is 3.06.